The van der Waals surface area contributed by atoms with Crippen molar-refractivity contribution in [2.24, 2.45) is 0 Å². The molecule has 0 saturated carbocycles. The number of pyridine rings is 1. The molecule has 2 aromatic heterocycles. The van der Waals surface area contributed by atoms with Crippen LogP contribution in [0, 0.1) is 0 Å². The first-order valence-corrected chi connectivity index (χ1v) is 13.4. The maximum Gasteiger partial charge on any atom is 0.264 e. The van der Waals surface area contributed by atoms with Crippen LogP contribution in [0.15, 0.2) is 90.3 Å². The summed E-state index contributed by atoms with van der Waals surface area (Å²) in [5, 5.41) is 13.6. The van der Waals surface area contributed by atoms with Gasteiger partial charge in [0.2, 0.25) is 5.95 Å². The van der Waals surface area contributed by atoms with Crippen molar-refractivity contribution in [1.82, 2.24) is 20.3 Å². The Morgan fingerprint density at radius 3 is 2.65 bits per heavy atom. The molecular formula is C27H27N5O4S. The molecule has 1 aliphatic rings. The molecule has 0 amide bonds. The molecule has 3 heterocycles. The van der Waals surface area contributed by atoms with Crippen LogP contribution in [-0.4, -0.2) is 47.7 Å². The van der Waals surface area contributed by atoms with Crippen molar-refractivity contribution in [2.75, 3.05) is 17.8 Å². The van der Waals surface area contributed by atoms with E-state index in [1.807, 2.05) is 30.3 Å². The first kappa shape index (κ1) is 24.8. The van der Waals surface area contributed by atoms with E-state index in [1.165, 1.54) is 12.4 Å². The zero-order valence-corrected chi connectivity index (χ0v) is 20.8. The summed E-state index contributed by atoms with van der Waals surface area (Å²) in [6, 6.07) is 17.9. The fourth-order valence-corrected chi connectivity index (χ4v) is 5.22. The topological polar surface area (TPSA) is 126 Å². The number of aryl methyl sites for hydroxylation is 1. The van der Waals surface area contributed by atoms with E-state index in [1.54, 1.807) is 42.7 Å². The molecule has 0 bridgehead atoms. The lowest BCUT2D eigenvalue weighted by Crippen LogP contribution is -2.36. The van der Waals surface area contributed by atoms with Crippen molar-refractivity contribution in [2.45, 2.75) is 29.9 Å². The van der Waals surface area contributed by atoms with Gasteiger partial charge in [-0.1, -0.05) is 24.3 Å². The van der Waals surface area contributed by atoms with E-state index in [0.717, 1.165) is 40.8 Å². The molecule has 1 aliphatic heterocycles. The van der Waals surface area contributed by atoms with Crippen LogP contribution >= 0.6 is 0 Å². The average molecular weight is 518 g/mol. The van der Waals surface area contributed by atoms with Gasteiger partial charge in [-0.15, -0.1) is 0 Å². The Hall–Kier alpha value is -3.86. The monoisotopic (exact) mass is 517 g/mol. The Morgan fingerprint density at radius 2 is 1.84 bits per heavy atom. The summed E-state index contributed by atoms with van der Waals surface area (Å²) in [4.78, 5) is 12.0. The number of aromatic nitrogens is 3. The van der Waals surface area contributed by atoms with Crippen LogP contribution in [0.25, 0.3) is 11.1 Å². The van der Waals surface area contributed by atoms with E-state index in [2.05, 4.69) is 25.0 Å². The van der Waals surface area contributed by atoms with Crippen LogP contribution in [-0.2, 0) is 16.4 Å². The summed E-state index contributed by atoms with van der Waals surface area (Å²) in [6.45, 7) is 1.04. The van der Waals surface area contributed by atoms with E-state index in [4.69, 9.17) is 4.74 Å². The largest absolute Gasteiger partial charge is 0.489 e. The lowest BCUT2D eigenvalue weighted by Gasteiger charge is -2.27. The fraction of sp³-hybridized carbons (Fsp3) is 0.222. The number of nitrogens with one attached hydrogen (secondary N) is 2. The van der Waals surface area contributed by atoms with Gasteiger partial charge >= 0.3 is 0 Å². The summed E-state index contributed by atoms with van der Waals surface area (Å²) in [5.74, 6) is 0.843. The molecule has 0 saturated heterocycles. The summed E-state index contributed by atoms with van der Waals surface area (Å²) in [7, 11) is -3.83. The van der Waals surface area contributed by atoms with Gasteiger partial charge in [0.1, 0.15) is 11.9 Å². The molecule has 2 aromatic carbocycles. The Balaban J connectivity index is 1.22. The maximum atomic E-state index is 12.8. The smallest absolute Gasteiger partial charge is 0.264 e. The molecule has 0 unspecified atom stereocenters. The highest BCUT2D eigenvalue weighted by molar-refractivity contribution is 7.92. The van der Waals surface area contributed by atoms with E-state index in [9.17, 15) is 13.5 Å². The van der Waals surface area contributed by atoms with Crippen molar-refractivity contribution in [3.63, 3.8) is 0 Å². The first-order valence-electron chi connectivity index (χ1n) is 12.0. The molecule has 10 heteroatoms. The van der Waals surface area contributed by atoms with Crippen LogP contribution in [0.1, 0.15) is 23.7 Å². The second-order valence-corrected chi connectivity index (χ2v) is 10.4. The lowest BCUT2D eigenvalue weighted by atomic mass is 9.97. The minimum absolute atomic E-state index is 0.000742. The molecule has 0 aliphatic carbocycles. The van der Waals surface area contributed by atoms with Gasteiger partial charge < -0.3 is 15.2 Å². The van der Waals surface area contributed by atoms with Gasteiger partial charge in [0.15, 0.2) is 0 Å². The number of anilines is 1. The number of ether oxygens (including phenoxy) is 1. The van der Waals surface area contributed by atoms with Crippen molar-refractivity contribution in [3.8, 4) is 16.9 Å². The van der Waals surface area contributed by atoms with Crippen molar-refractivity contribution in [1.29, 1.82) is 0 Å². The minimum atomic E-state index is -3.83. The highest BCUT2D eigenvalue weighted by Crippen LogP contribution is 2.33. The number of aliphatic hydroxyl groups is 1. The molecule has 2 atom stereocenters. The number of sulfonamides is 1. The Bertz CT molecular complexity index is 1450. The lowest BCUT2D eigenvalue weighted by molar-refractivity contribution is 0.146. The van der Waals surface area contributed by atoms with E-state index < -0.39 is 16.1 Å². The SMILES string of the molecule is O=S(=O)(Nc1ncccn1)c1cccc(-c2ccc3c(c2)CC[C@H](CNC[C@@H](O)c2cccnc2)O3)c1. The molecule has 5 rings (SSSR count). The van der Waals surface area contributed by atoms with Crippen LogP contribution in [0.5, 0.6) is 5.75 Å². The van der Waals surface area contributed by atoms with Gasteiger partial charge in [-0.2, -0.15) is 0 Å². The highest BCUT2D eigenvalue weighted by Gasteiger charge is 2.21. The molecule has 37 heavy (non-hydrogen) atoms. The summed E-state index contributed by atoms with van der Waals surface area (Å²) < 4.78 is 34.2. The van der Waals surface area contributed by atoms with Gasteiger partial charge in [-0.3, -0.25) is 4.98 Å². The Kier molecular flexibility index (Phi) is 7.40. The maximum absolute atomic E-state index is 12.8. The number of nitrogens with zero attached hydrogens (tertiary/aromatic N) is 3. The number of aliphatic hydroxyl groups excluding tert-OH is 1. The van der Waals surface area contributed by atoms with Gasteiger partial charge in [-0.05, 0) is 65.9 Å². The minimum Gasteiger partial charge on any atom is -0.489 e. The van der Waals surface area contributed by atoms with Gasteiger partial charge in [0.05, 0.1) is 11.0 Å². The van der Waals surface area contributed by atoms with Crippen LogP contribution < -0.4 is 14.8 Å². The van der Waals surface area contributed by atoms with Gasteiger partial charge in [-0.25, -0.2) is 23.1 Å². The second-order valence-electron chi connectivity index (χ2n) is 8.77. The first-order chi connectivity index (χ1) is 18.0. The molecule has 0 fully saturated rings. The fourth-order valence-electron chi connectivity index (χ4n) is 4.21. The predicted molar refractivity (Wildman–Crippen MR) is 140 cm³/mol. The second kappa shape index (κ2) is 11.0. The standard InChI is InChI=1S/C27H27N5O4S/c33-25(22-5-2-11-28-16-22)18-29-17-23-9-7-21-14-20(8-10-26(21)36-23)19-4-1-6-24(15-19)37(34,35)32-27-30-12-3-13-31-27/h1-6,8,10-16,23,25,29,33H,7,9,17-18H2,(H,30,31,32)/t23-,25-/m1/s1. The summed E-state index contributed by atoms with van der Waals surface area (Å²) in [6.07, 6.45) is 7.34. The summed E-state index contributed by atoms with van der Waals surface area (Å²) >= 11 is 0. The molecule has 9 nitrogen and oxygen atoms in total. The normalized spacial score (nSPS) is 15.9. The number of fused-ring (bicyclic) bond motifs is 1. The Labute approximate surface area is 215 Å². The molecule has 4 aromatic rings. The van der Waals surface area contributed by atoms with Gasteiger partial charge in [0, 0.05) is 43.4 Å². The quantitative estimate of drug-likeness (QED) is 0.309. The molecule has 0 radical (unpaired) electrons. The highest BCUT2D eigenvalue weighted by atomic mass is 32.2. The average Bonchev–Trinajstić information content (AvgIpc) is 2.93. The van der Waals surface area contributed by atoms with Crippen molar-refractivity contribution in [3.05, 3.63) is 96.6 Å². The number of rotatable bonds is 9. The molecule has 190 valence electrons. The van der Waals surface area contributed by atoms with Crippen LogP contribution in [0.3, 0.4) is 0 Å². The number of hydrogen-bond donors (Lipinski definition) is 3. The number of benzene rings is 2. The van der Waals surface area contributed by atoms with E-state index >= 15 is 0 Å². The van der Waals surface area contributed by atoms with Crippen molar-refractivity contribution >= 4 is 16.0 Å². The van der Waals surface area contributed by atoms with Crippen LogP contribution in [0.2, 0.25) is 0 Å². The van der Waals surface area contributed by atoms with E-state index in [-0.39, 0.29) is 16.9 Å². The van der Waals surface area contributed by atoms with Crippen molar-refractivity contribution < 1.29 is 18.3 Å². The third kappa shape index (κ3) is 6.11. The third-order valence-electron chi connectivity index (χ3n) is 6.14. The zero-order valence-electron chi connectivity index (χ0n) is 20.0. The van der Waals surface area contributed by atoms with E-state index in [0.29, 0.717) is 13.1 Å². The molecule has 0 spiro atoms. The number of hydrogen-bond acceptors (Lipinski definition) is 8. The Morgan fingerprint density at radius 1 is 1.00 bits per heavy atom. The van der Waals surface area contributed by atoms with Crippen LogP contribution in [0.4, 0.5) is 5.95 Å². The zero-order chi connectivity index (χ0) is 25.7. The van der Waals surface area contributed by atoms with Gasteiger partial charge in [0.25, 0.3) is 10.0 Å². The third-order valence-corrected chi connectivity index (χ3v) is 7.46. The summed E-state index contributed by atoms with van der Waals surface area (Å²) in [5.41, 5.74) is 3.55. The molecule has 3 N–H and O–H groups in total. The molecular weight excluding hydrogens is 490 g/mol. The predicted octanol–water partition coefficient (Wildman–Crippen LogP) is 3.36.